The second kappa shape index (κ2) is 5.54. The third-order valence-electron chi connectivity index (χ3n) is 3.53. The Bertz CT molecular complexity index is 610. The molecule has 1 aliphatic rings. The lowest BCUT2D eigenvalue weighted by atomic mass is 10.0. The number of carboxylic acid groups (broad SMARTS) is 1. The van der Waals surface area contributed by atoms with Crippen LogP contribution in [0.3, 0.4) is 0 Å². The Morgan fingerprint density at radius 3 is 2.85 bits per heavy atom. The molecule has 5 nitrogen and oxygen atoms in total. The van der Waals surface area contributed by atoms with Crippen molar-refractivity contribution in [3.05, 3.63) is 30.0 Å². The number of ether oxygens (including phenoxy) is 2. The van der Waals surface area contributed by atoms with Crippen molar-refractivity contribution in [1.82, 2.24) is 0 Å². The van der Waals surface area contributed by atoms with Crippen LogP contribution in [0.5, 0.6) is 5.75 Å². The second-order valence-electron chi connectivity index (χ2n) is 4.98. The molecule has 20 heavy (non-hydrogen) atoms. The smallest absolute Gasteiger partial charge is 0.371 e. The number of benzene rings is 1. The highest BCUT2D eigenvalue weighted by Gasteiger charge is 2.15. The molecule has 0 aliphatic carbocycles. The van der Waals surface area contributed by atoms with E-state index in [-0.39, 0.29) is 5.76 Å². The SMILES string of the molecule is O=C(O)c1cc2cc(OCC3CCOCC3)ccc2o1. The van der Waals surface area contributed by atoms with Crippen molar-refractivity contribution in [1.29, 1.82) is 0 Å². The molecule has 0 radical (unpaired) electrons. The van der Waals surface area contributed by atoms with Crippen LogP contribution in [0.15, 0.2) is 28.7 Å². The van der Waals surface area contributed by atoms with Crippen LogP contribution in [-0.2, 0) is 4.74 Å². The highest BCUT2D eigenvalue weighted by molar-refractivity contribution is 5.91. The molecule has 1 N–H and O–H groups in total. The van der Waals surface area contributed by atoms with Gasteiger partial charge in [-0.2, -0.15) is 0 Å². The van der Waals surface area contributed by atoms with Crippen molar-refractivity contribution in [2.45, 2.75) is 12.8 Å². The number of rotatable bonds is 4. The van der Waals surface area contributed by atoms with Gasteiger partial charge >= 0.3 is 5.97 Å². The summed E-state index contributed by atoms with van der Waals surface area (Å²) in [7, 11) is 0. The van der Waals surface area contributed by atoms with Gasteiger partial charge in [0.05, 0.1) is 6.61 Å². The molecule has 1 fully saturated rings. The molecule has 0 atom stereocenters. The molecule has 0 spiro atoms. The van der Waals surface area contributed by atoms with Crippen molar-refractivity contribution in [2.75, 3.05) is 19.8 Å². The summed E-state index contributed by atoms with van der Waals surface area (Å²) in [4.78, 5) is 10.9. The first-order valence-corrected chi connectivity index (χ1v) is 6.70. The third kappa shape index (κ3) is 2.77. The first kappa shape index (κ1) is 13.0. The van der Waals surface area contributed by atoms with E-state index in [0.29, 0.717) is 18.1 Å². The van der Waals surface area contributed by atoms with E-state index in [1.807, 2.05) is 6.07 Å². The Balaban J connectivity index is 1.70. The lowest BCUT2D eigenvalue weighted by Crippen LogP contribution is -2.21. The van der Waals surface area contributed by atoms with Crippen molar-refractivity contribution in [3.8, 4) is 5.75 Å². The van der Waals surface area contributed by atoms with E-state index >= 15 is 0 Å². The van der Waals surface area contributed by atoms with Crippen LogP contribution in [0.1, 0.15) is 23.4 Å². The van der Waals surface area contributed by atoms with E-state index in [9.17, 15) is 4.79 Å². The molecule has 1 aliphatic heterocycles. The highest BCUT2D eigenvalue weighted by atomic mass is 16.5. The van der Waals surface area contributed by atoms with E-state index in [2.05, 4.69) is 0 Å². The fraction of sp³-hybridized carbons (Fsp3) is 0.400. The van der Waals surface area contributed by atoms with E-state index in [1.54, 1.807) is 12.1 Å². The summed E-state index contributed by atoms with van der Waals surface area (Å²) < 4.78 is 16.3. The van der Waals surface area contributed by atoms with E-state index in [1.165, 1.54) is 6.07 Å². The fourth-order valence-corrected chi connectivity index (χ4v) is 2.34. The van der Waals surface area contributed by atoms with Crippen LogP contribution in [0.4, 0.5) is 0 Å². The number of hydrogen-bond acceptors (Lipinski definition) is 4. The number of fused-ring (bicyclic) bond motifs is 1. The maximum atomic E-state index is 10.9. The lowest BCUT2D eigenvalue weighted by Gasteiger charge is -2.22. The number of carboxylic acids is 1. The maximum absolute atomic E-state index is 10.9. The summed E-state index contributed by atoms with van der Waals surface area (Å²) in [5.41, 5.74) is 0.556. The first-order valence-electron chi connectivity index (χ1n) is 6.70. The van der Waals surface area contributed by atoms with Gasteiger partial charge in [-0.25, -0.2) is 4.79 Å². The van der Waals surface area contributed by atoms with Crippen LogP contribution in [-0.4, -0.2) is 30.9 Å². The minimum Gasteiger partial charge on any atom is -0.493 e. The zero-order valence-corrected chi connectivity index (χ0v) is 11.0. The molecule has 0 amide bonds. The van der Waals surface area contributed by atoms with Crippen LogP contribution in [0, 0.1) is 5.92 Å². The third-order valence-corrected chi connectivity index (χ3v) is 3.53. The van der Waals surface area contributed by atoms with Crippen LogP contribution >= 0.6 is 0 Å². The molecule has 1 saturated heterocycles. The highest BCUT2D eigenvalue weighted by Crippen LogP contribution is 2.25. The van der Waals surface area contributed by atoms with Gasteiger partial charge in [0.15, 0.2) is 0 Å². The molecule has 2 aromatic rings. The minimum absolute atomic E-state index is 0.0541. The van der Waals surface area contributed by atoms with Crippen molar-refractivity contribution in [3.63, 3.8) is 0 Å². The van der Waals surface area contributed by atoms with Gasteiger partial charge in [0.2, 0.25) is 5.76 Å². The average molecular weight is 276 g/mol. The molecular formula is C15H16O5. The summed E-state index contributed by atoms with van der Waals surface area (Å²) in [5.74, 6) is 0.146. The Morgan fingerprint density at radius 2 is 2.10 bits per heavy atom. The van der Waals surface area contributed by atoms with E-state index in [0.717, 1.165) is 37.2 Å². The van der Waals surface area contributed by atoms with Gasteiger partial charge in [-0.15, -0.1) is 0 Å². The maximum Gasteiger partial charge on any atom is 0.371 e. The molecular weight excluding hydrogens is 260 g/mol. The first-order chi connectivity index (χ1) is 9.72. The number of hydrogen-bond donors (Lipinski definition) is 1. The zero-order valence-electron chi connectivity index (χ0n) is 11.0. The van der Waals surface area contributed by atoms with Gasteiger partial charge in [0, 0.05) is 18.6 Å². The van der Waals surface area contributed by atoms with Crippen molar-refractivity contribution >= 4 is 16.9 Å². The van der Waals surface area contributed by atoms with Crippen molar-refractivity contribution < 1.29 is 23.8 Å². The summed E-state index contributed by atoms with van der Waals surface area (Å²) in [5, 5.41) is 9.63. The Morgan fingerprint density at radius 1 is 1.30 bits per heavy atom. The molecule has 5 heteroatoms. The number of aromatic carboxylic acids is 1. The summed E-state index contributed by atoms with van der Waals surface area (Å²) >= 11 is 0. The van der Waals surface area contributed by atoms with E-state index in [4.69, 9.17) is 19.0 Å². The molecule has 0 saturated carbocycles. The quantitative estimate of drug-likeness (QED) is 0.929. The minimum atomic E-state index is -1.06. The molecule has 0 unspecified atom stereocenters. The Hall–Kier alpha value is -2.01. The second-order valence-corrected chi connectivity index (χ2v) is 4.98. The predicted molar refractivity (Wildman–Crippen MR) is 72.2 cm³/mol. The summed E-state index contributed by atoms with van der Waals surface area (Å²) in [6, 6.07) is 6.86. The van der Waals surface area contributed by atoms with E-state index < -0.39 is 5.97 Å². The van der Waals surface area contributed by atoms with Crippen LogP contribution < -0.4 is 4.74 Å². The molecule has 1 aromatic carbocycles. The van der Waals surface area contributed by atoms with Gasteiger partial charge in [-0.05, 0) is 43.0 Å². The Labute approximate surface area is 116 Å². The van der Waals surface area contributed by atoms with Crippen molar-refractivity contribution in [2.24, 2.45) is 5.92 Å². The van der Waals surface area contributed by atoms with Gasteiger partial charge in [0.1, 0.15) is 11.3 Å². The number of furan rings is 1. The normalized spacial score (nSPS) is 16.4. The largest absolute Gasteiger partial charge is 0.493 e. The summed E-state index contributed by atoms with van der Waals surface area (Å²) in [6.07, 6.45) is 2.05. The lowest BCUT2D eigenvalue weighted by molar-refractivity contribution is 0.0498. The van der Waals surface area contributed by atoms with Gasteiger partial charge in [-0.3, -0.25) is 0 Å². The molecule has 2 heterocycles. The van der Waals surface area contributed by atoms with Gasteiger partial charge in [-0.1, -0.05) is 0 Å². The van der Waals surface area contributed by atoms with Gasteiger partial charge in [0.25, 0.3) is 0 Å². The summed E-state index contributed by atoms with van der Waals surface area (Å²) in [6.45, 7) is 2.27. The molecule has 3 rings (SSSR count). The van der Waals surface area contributed by atoms with Crippen LogP contribution in [0.2, 0.25) is 0 Å². The number of carbonyl (C=O) groups is 1. The van der Waals surface area contributed by atoms with Crippen LogP contribution in [0.25, 0.3) is 11.0 Å². The standard InChI is InChI=1S/C15H16O5/c16-15(17)14-8-11-7-12(1-2-13(11)20-14)19-9-10-3-5-18-6-4-10/h1-2,7-8,10H,3-6,9H2,(H,16,17). The molecule has 1 aromatic heterocycles. The molecule has 106 valence electrons. The fourth-order valence-electron chi connectivity index (χ4n) is 2.34. The Kier molecular flexibility index (Phi) is 3.60. The predicted octanol–water partition coefficient (Wildman–Crippen LogP) is 2.94. The monoisotopic (exact) mass is 276 g/mol. The van der Waals surface area contributed by atoms with Gasteiger partial charge < -0.3 is 19.0 Å². The molecule has 0 bridgehead atoms. The zero-order chi connectivity index (χ0) is 13.9. The average Bonchev–Trinajstić information content (AvgIpc) is 2.89. The topological polar surface area (TPSA) is 68.9 Å².